The first kappa shape index (κ1) is 20.9. The minimum Gasteiger partial charge on any atom is -0.481 e. The van der Waals surface area contributed by atoms with Gasteiger partial charge < -0.3 is 14.8 Å². The summed E-state index contributed by atoms with van der Waals surface area (Å²) in [6, 6.07) is 10.6. The number of carbonyl (C=O) groups is 1. The molecule has 0 bridgehead atoms. The molecule has 146 valence electrons. The molecule has 0 saturated carbocycles. The van der Waals surface area contributed by atoms with Crippen LogP contribution in [0.5, 0.6) is 5.88 Å². The van der Waals surface area contributed by atoms with Crippen molar-refractivity contribution in [2.45, 2.75) is 39.2 Å². The van der Waals surface area contributed by atoms with Crippen molar-refractivity contribution in [3.8, 4) is 5.88 Å². The van der Waals surface area contributed by atoms with Crippen LogP contribution in [0.15, 0.2) is 42.6 Å². The van der Waals surface area contributed by atoms with Gasteiger partial charge in [0, 0.05) is 18.0 Å². The first-order valence-corrected chi connectivity index (χ1v) is 10.5. The molecule has 0 aliphatic heterocycles. The Morgan fingerprint density at radius 1 is 1.22 bits per heavy atom. The average molecular weight is 390 g/mol. The predicted octanol–water partition coefficient (Wildman–Crippen LogP) is 3.85. The van der Waals surface area contributed by atoms with Gasteiger partial charge >= 0.3 is 0 Å². The second-order valence-electron chi connectivity index (χ2n) is 6.12. The standard InChI is InChI=1S/C20H27N3O3S/c1-4-6-13-27(25)23-18-10-8-7-9-16(18)20(24)22-17(5-2)15-11-12-19(26-3)21-14-15/h7-12,14,17,23H,4-6,13H2,1-3H3,(H,22,24)/t17-,27?/m1/s1. The summed E-state index contributed by atoms with van der Waals surface area (Å²) >= 11 is 0. The molecular formula is C20H27N3O3S. The van der Waals surface area contributed by atoms with Crippen molar-refractivity contribution < 1.29 is 13.7 Å². The van der Waals surface area contributed by atoms with Crippen LogP contribution < -0.4 is 14.8 Å². The summed E-state index contributed by atoms with van der Waals surface area (Å²) in [5.74, 6) is 0.874. The van der Waals surface area contributed by atoms with Crippen molar-refractivity contribution in [2.75, 3.05) is 17.6 Å². The number of rotatable bonds is 10. The van der Waals surface area contributed by atoms with E-state index in [1.54, 1.807) is 37.6 Å². The number of aromatic nitrogens is 1. The van der Waals surface area contributed by atoms with Gasteiger partial charge in [-0.05, 0) is 30.5 Å². The lowest BCUT2D eigenvalue weighted by Gasteiger charge is -2.19. The van der Waals surface area contributed by atoms with Crippen molar-refractivity contribution in [2.24, 2.45) is 0 Å². The maximum atomic E-state index is 12.8. The molecule has 0 fully saturated rings. The molecule has 0 radical (unpaired) electrons. The number of pyridine rings is 1. The lowest BCUT2D eigenvalue weighted by molar-refractivity contribution is 0.0936. The third kappa shape index (κ3) is 6.06. The second-order valence-corrected chi connectivity index (χ2v) is 7.42. The molecule has 2 rings (SSSR count). The monoisotopic (exact) mass is 389 g/mol. The van der Waals surface area contributed by atoms with E-state index in [1.165, 1.54) is 0 Å². The predicted molar refractivity (Wildman–Crippen MR) is 109 cm³/mol. The summed E-state index contributed by atoms with van der Waals surface area (Å²) in [6.45, 7) is 4.05. The molecule has 0 saturated heterocycles. The van der Waals surface area contributed by atoms with Gasteiger partial charge in [-0.2, -0.15) is 0 Å². The molecule has 2 aromatic rings. The fourth-order valence-electron chi connectivity index (χ4n) is 2.59. The molecule has 2 atom stereocenters. The smallest absolute Gasteiger partial charge is 0.253 e. The zero-order chi connectivity index (χ0) is 19.6. The molecule has 1 unspecified atom stereocenters. The Kier molecular flexibility index (Phi) is 8.26. The number of nitrogens with zero attached hydrogens (tertiary/aromatic N) is 1. The quantitative estimate of drug-likeness (QED) is 0.647. The molecule has 0 aliphatic carbocycles. The minimum atomic E-state index is -1.21. The highest BCUT2D eigenvalue weighted by atomic mass is 32.2. The first-order chi connectivity index (χ1) is 13.1. The van der Waals surface area contributed by atoms with E-state index in [-0.39, 0.29) is 11.9 Å². The first-order valence-electron chi connectivity index (χ1n) is 9.13. The number of methoxy groups -OCH3 is 1. The topological polar surface area (TPSA) is 80.3 Å². The summed E-state index contributed by atoms with van der Waals surface area (Å²) in [5.41, 5.74) is 1.96. The highest BCUT2D eigenvalue weighted by Gasteiger charge is 2.17. The minimum absolute atomic E-state index is 0.172. The van der Waals surface area contributed by atoms with E-state index in [0.717, 1.165) is 24.8 Å². The van der Waals surface area contributed by atoms with Crippen molar-refractivity contribution >= 4 is 22.6 Å². The molecule has 1 aromatic heterocycles. The van der Waals surface area contributed by atoms with E-state index in [9.17, 15) is 9.00 Å². The fraction of sp³-hybridized carbons (Fsp3) is 0.400. The summed E-state index contributed by atoms with van der Waals surface area (Å²) < 4.78 is 20.2. The van der Waals surface area contributed by atoms with E-state index in [1.807, 2.05) is 19.1 Å². The number of carbonyl (C=O) groups excluding carboxylic acids is 1. The van der Waals surface area contributed by atoms with Crippen molar-refractivity contribution in [1.82, 2.24) is 10.3 Å². The van der Waals surface area contributed by atoms with Crippen LogP contribution in [-0.4, -0.2) is 28.0 Å². The Balaban J connectivity index is 2.12. The fourth-order valence-corrected chi connectivity index (χ4v) is 3.67. The van der Waals surface area contributed by atoms with Gasteiger partial charge in [-0.15, -0.1) is 0 Å². The summed E-state index contributed by atoms with van der Waals surface area (Å²) in [6.07, 6.45) is 4.27. The van der Waals surface area contributed by atoms with E-state index in [4.69, 9.17) is 4.74 Å². The Morgan fingerprint density at radius 3 is 2.63 bits per heavy atom. The third-order valence-corrected chi connectivity index (χ3v) is 5.27. The highest BCUT2D eigenvalue weighted by Crippen LogP contribution is 2.21. The van der Waals surface area contributed by atoms with Gasteiger partial charge in [-0.25, -0.2) is 9.19 Å². The van der Waals surface area contributed by atoms with Crippen molar-refractivity contribution in [3.63, 3.8) is 0 Å². The van der Waals surface area contributed by atoms with Crippen LogP contribution in [-0.2, 0) is 11.0 Å². The van der Waals surface area contributed by atoms with Gasteiger partial charge in [0.2, 0.25) is 5.88 Å². The van der Waals surface area contributed by atoms with Crippen LogP contribution in [0, 0.1) is 0 Å². The van der Waals surface area contributed by atoms with Crippen molar-refractivity contribution in [1.29, 1.82) is 0 Å². The van der Waals surface area contributed by atoms with E-state index < -0.39 is 11.0 Å². The number of ether oxygens (including phenoxy) is 1. The molecule has 2 N–H and O–H groups in total. The van der Waals surface area contributed by atoms with Crippen LogP contribution in [0.1, 0.15) is 55.1 Å². The largest absolute Gasteiger partial charge is 0.481 e. The van der Waals surface area contributed by atoms with Gasteiger partial charge in [0.15, 0.2) is 0 Å². The van der Waals surface area contributed by atoms with E-state index >= 15 is 0 Å². The zero-order valence-corrected chi connectivity index (χ0v) is 16.8. The summed E-state index contributed by atoms with van der Waals surface area (Å²) in [5, 5.41) is 3.03. The van der Waals surface area contributed by atoms with Gasteiger partial charge in [-0.1, -0.05) is 38.5 Å². The Bertz CT molecular complexity index is 765. The molecule has 0 aliphatic rings. The Hall–Kier alpha value is -2.41. The molecule has 1 aromatic carbocycles. The molecule has 0 spiro atoms. The number of unbranched alkanes of at least 4 members (excludes halogenated alkanes) is 1. The number of nitrogens with one attached hydrogen (secondary N) is 2. The molecule has 6 nitrogen and oxygen atoms in total. The van der Waals surface area contributed by atoms with Crippen molar-refractivity contribution in [3.05, 3.63) is 53.7 Å². The van der Waals surface area contributed by atoms with Crippen LogP contribution in [0.2, 0.25) is 0 Å². The maximum absolute atomic E-state index is 12.8. The average Bonchev–Trinajstić information content (AvgIpc) is 2.70. The molecule has 7 heteroatoms. The van der Waals surface area contributed by atoms with Gasteiger partial charge in [-0.3, -0.25) is 4.79 Å². The number of anilines is 1. The Labute approximate surface area is 163 Å². The lowest BCUT2D eigenvalue weighted by Crippen LogP contribution is -2.29. The van der Waals surface area contributed by atoms with Crippen LogP contribution in [0.3, 0.4) is 0 Å². The highest BCUT2D eigenvalue weighted by molar-refractivity contribution is 7.86. The lowest BCUT2D eigenvalue weighted by atomic mass is 10.1. The third-order valence-electron chi connectivity index (χ3n) is 4.16. The van der Waals surface area contributed by atoms with E-state index in [0.29, 0.717) is 22.9 Å². The van der Waals surface area contributed by atoms with Crippen LogP contribution in [0.4, 0.5) is 5.69 Å². The second kappa shape index (κ2) is 10.7. The number of hydrogen-bond donors (Lipinski definition) is 2. The molecular weight excluding hydrogens is 362 g/mol. The zero-order valence-electron chi connectivity index (χ0n) is 16.0. The van der Waals surface area contributed by atoms with Gasteiger partial charge in [0.25, 0.3) is 5.91 Å². The molecule has 1 amide bonds. The molecule has 27 heavy (non-hydrogen) atoms. The van der Waals surface area contributed by atoms with E-state index in [2.05, 4.69) is 21.9 Å². The van der Waals surface area contributed by atoms with Gasteiger partial charge in [0.1, 0.15) is 11.0 Å². The number of benzene rings is 1. The summed E-state index contributed by atoms with van der Waals surface area (Å²) in [4.78, 5) is 17.0. The maximum Gasteiger partial charge on any atom is 0.253 e. The number of hydrogen-bond acceptors (Lipinski definition) is 4. The number of amides is 1. The normalized spacial score (nSPS) is 12.9. The SMILES string of the molecule is CCCCS(=O)Nc1ccccc1C(=O)N[C@H](CC)c1ccc(OC)nc1. The van der Waals surface area contributed by atoms with Crippen LogP contribution >= 0.6 is 0 Å². The van der Waals surface area contributed by atoms with Crippen LogP contribution in [0.25, 0.3) is 0 Å². The van der Waals surface area contributed by atoms with Gasteiger partial charge in [0.05, 0.1) is 24.4 Å². The Morgan fingerprint density at radius 2 is 2.00 bits per heavy atom. The number of para-hydroxylation sites is 1. The summed E-state index contributed by atoms with van der Waals surface area (Å²) in [7, 11) is 0.359. The molecule has 1 heterocycles.